The van der Waals surface area contributed by atoms with Crippen LogP contribution in [0.3, 0.4) is 0 Å². The van der Waals surface area contributed by atoms with Crippen LogP contribution in [0.2, 0.25) is 0 Å². The molecule has 0 saturated carbocycles. The van der Waals surface area contributed by atoms with Gasteiger partial charge in [-0.1, -0.05) is 0 Å². The maximum absolute atomic E-state index is 10.9. The van der Waals surface area contributed by atoms with Gasteiger partial charge in [-0.15, -0.1) is 0 Å². The van der Waals surface area contributed by atoms with Crippen LogP contribution in [0.15, 0.2) is 18.2 Å². The summed E-state index contributed by atoms with van der Waals surface area (Å²) in [7, 11) is 0. The van der Waals surface area contributed by atoms with E-state index in [2.05, 4.69) is 5.32 Å². The summed E-state index contributed by atoms with van der Waals surface area (Å²) < 4.78 is 0.819. The third-order valence-electron chi connectivity index (χ3n) is 2.37. The van der Waals surface area contributed by atoms with E-state index in [1.54, 1.807) is 6.07 Å². The number of nitrogens with zero attached hydrogens (tertiary/aromatic N) is 1. The largest absolute Gasteiger partial charge is 0.396 e. The van der Waals surface area contributed by atoms with E-state index in [4.69, 9.17) is 5.11 Å². The highest BCUT2D eigenvalue weighted by Gasteiger charge is 2.22. The van der Waals surface area contributed by atoms with Crippen LogP contribution in [-0.4, -0.2) is 22.2 Å². The van der Waals surface area contributed by atoms with Crippen molar-refractivity contribution >= 4 is 34.0 Å². The summed E-state index contributed by atoms with van der Waals surface area (Å²) in [6.07, 6.45) is 0.524. The van der Waals surface area contributed by atoms with Crippen LogP contribution >= 0.6 is 22.6 Å². The third kappa shape index (κ3) is 4.12. The van der Waals surface area contributed by atoms with E-state index in [0.29, 0.717) is 12.1 Å². The number of aliphatic hydroxyl groups excluding tert-OH is 1. The van der Waals surface area contributed by atoms with Crippen molar-refractivity contribution in [3.8, 4) is 0 Å². The Morgan fingerprint density at radius 3 is 2.71 bits per heavy atom. The highest BCUT2D eigenvalue weighted by molar-refractivity contribution is 14.1. The van der Waals surface area contributed by atoms with Gasteiger partial charge in [0, 0.05) is 21.8 Å². The maximum atomic E-state index is 10.9. The van der Waals surface area contributed by atoms with Gasteiger partial charge >= 0.3 is 0 Å². The predicted molar refractivity (Wildman–Crippen MR) is 75.2 cm³/mol. The van der Waals surface area contributed by atoms with Gasteiger partial charge in [-0.2, -0.15) is 0 Å². The second kappa shape index (κ2) is 5.63. The number of hydrogen-bond acceptors (Lipinski definition) is 4. The average Bonchev–Trinajstić information content (AvgIpc) is 2.20. The van der Waals surface area contributed by atoms with Crippen molar-refractivity contribution in [3.05, 3.63) is 31.9 Å². The second-order valence-electron chi connectivity index (χ2n) is 4.40. The van der Waals surface area contributed by atoms with Crippen molar-refractivity contribution in [1.82, 2.24) is 0 Å². The number of nitro groups is 1. The third-order valence-corrected chi connectivity index (χ3v) is 3.04. The van der Waals surface area contributed by atoms with E-state index in [9.17, 15) is 10.1 Å². The minimum atomic E-state index is -0.403. The van der Waals surface area contributed by atoms with Crippen molar-refractivity contribution in [2.75, 3.05) is 11.9 Å². The summed E-state index contributed by atoms with van der Waals surface area (Å²) in [6, 6.07) is 5.03. The van der Waals surface area contributed by atoms with Gasteiger partial charge in [-0.05, 0) is 55.0 Å². The number of anilines is 1. The van der Waals surface area contributed by atoms with E-state index < -0.39 is 4.92 Å². The van der Waals surface area contributed by atoms with E-state index in [1.165, 1.54) is 6.07 Å². The Labute approximate surface area is 114 Å². The maximum Gasteiger partial charge on any atom is 0.293 e. The SMILES string of the molecule is CC(C)(CCO)Nc1ccc(I)cc1[N+](=O)[O-]. The highest BCUT2D eigenvalue weighted by atomic mass is 127. The molecule has 0 aliphatic heterocycles. The summed E-state index contributed by atoms with van der Waals surface area (Å²) in [4.78, 5) is 10.5. The first-order chi connectivity index (χ1) is 7.85. The van der Waals surface area contributed by atoms with Crippen LogP contribution in [-0.2, 0) is 0 Å². The van der Waals surface area contributed by atoms with Gasteiger partial charge < -0.3 is 10.4 Å². The molecule has 94 valence electrons. The number of nitrogens with one attached hydrogen (secondary N) is 1. The molecule has 0 unspecified atom stereocenters. The smallest absolute Gasteiger partial charge is 0.293 e. The number of hydrogen-bond donors (Lipinski definition) is 2. The summed E-state index contributed by atoms with van der Waals surface area (Å²) in [5, 5.41) is 22.9. The van der Waals surface area contributed by atoms with E-state index >= 15 is 0 Å². The molecule has 0 aliphatic rings. The molecule has 1 aromatic rings. The average molecular weight is 350 g/mol. The molecule has 1 aromatic carbocycles. The van der Waals surface area contributed by atoms with Crippen LogP contribution in [0.25, 0.3) is 0 Å². The first kappa shape index (κ1) is 14.2. The number of nitro benzene ring substituents is 1. The molecular formula is C11H15IN2O3. The molecule has 0 fully saturated rings. The molecule has 0 aromatic heterocycles. The molecule has 6 heteroatoms. The molecule has 0 amide bonds. The van der Waals surface area contributed by atoms with Gasteiger partial charge in [0.05, 0.1) is 4.92 Å². The standard InChI is InChI=1S/C11H15IN2O3/c1-11(2,5-6-15)13-9-4-3-8(12)7-10(9)14(16)17/h3-4,7,13,15H,5-6H2,1-2H3. The molecule has 17 heavy (non-hydrogen) atoms. The molecule has 0 spiro atoms. The molecule has 2 N–H and O–H groups in total. The van der Waals surface area contributed by atoms with Crippen molar-refractivity contribution < 1.29 is 10.0 Å². The Bertz CT molecular complexity index is 421. The van der Waals surface area contributed by atoms with Gasteiger partial charge in [0.25, 0.3) is 5.69 Å². The van der Waals surface area contributed by atoms with Gasteiger partial charge in [0.15, 0.2) is 0 Å². The summed E-state index contributed by atoms with van der Waals surface area (Å²) >= 11 is 2.04. The number of rotatable bonds is 5. The van der Waals surface area contributed by atoms with Gasteiger partial charge in [0.2, 0.25) is 0 Å². The molecule has 0 radical (unpaired) electrons. The fourth-order valence-electron chi connectivity index (χ4n) is 1.47. The highest BCUT2D eigenvalue weighted by Crippen LogP contribution is 2.29. The number of aliphatic hydroxyl groups is 1. The Morgan fingerprint density at radius 2 is 2.18 bits per heavy atom. The predicted octanol–water partition coefficient (Wildman–Crippen LogP) is 2.77. The van der Waals surface area contributed by atoms with Gasteiger partial charge in [-0.25, -0.2) is 0 Å². The minimum absolute atomic E-state index is 0.0398. The first-order valence-electron chi connectivity index (χ1n) is 5.19. The lowest BCUT2D eigenvalue weighted by atomic mass is 10.0. The number of halogens is 1. The molecular weight excluding hydrogens is 335 g/mol. The van der Waals surface area contributed by atoms with E-state index in [1.807, 2.05) is 42.5 Å². The monoisotopic (exact) mass is 350 g/mol. The molecule has 0 saturated heterocycles. The molecule has 1 rings (SSSR count). The van der Waals surface area contributed by atoms with E-state index in [-0.39, 0.29) is 17.8 Å². The summed E-state index contributed by atoms with van der Waals surface area (Å²) in [5.41, 5.74) is 0.156. The zero-order chi connectivity index (χ0) is 13.1. The Balaban J connectivity index is 3.02. The Morgan fingerprint density at radius 1 is 1.53 bits per heavy atom. The topological polar surface area (TPSA) is 75.4 Å². The zero-order valence-corrected chi connectivity index (χ0v) is 11.9. The van der Waals surface area contributed by atoms with Crippen LogP contribution in [0.5, 0.6) is 0 Å². The van der Waals surface area contributed by atoms with Gasteiger partial charge in [0.1, 0.15) is 5.69 Å². The Hall–Kier alpha value is -0.890. The normalized spacial score (nSPS) is 11.3. The van der Waals surface area contributed by atoms with Crippen molar-refractivity contribution in [1.29, 1.82) is 0 Å². The molecule has 0 aliphatic carbocycles. The zero-order valence-electron chi connectivity index (χ0n) is 9.74. The molecule has 0 atom stereocenters. The van der Waals surface area contributed by atoms with Crippen LogP contribution in [0.1, 0.15) is 20.3 Å². The first-order valence-corrected chi connectivity index (χ1v) is 6.26. The fraction of sp³-hybridized carbons (Fsp3) is 0.455. The van der Waals surface area contributed by atoms with Crippen molar-refractivity contribution in [2.45, 2.75) is 25.8 Å². The van der Waals surface area contributed by atoms with E-state index in [0.717, 1.165) is 3.57 Å². The lowest BCUT2D eigenvalue weighted by molar-refractivity contribution is -0.384. The lowest BCUT2D eigenvalue weighted by Crippen LogP contribution is -2.32. The lowest BCUT2D eigenvalue weighted by Gasteiger charge is -2.26. The van der Waals surface area contributed by atoms with Crippen LogP contribution < -0.4 is 5.32 Å². The molecule has 5 nitrogen and oxygen atoms in total. The van der Waals surface area contributed by atoms with Crippen LogP contribution in [0.4, 0.5) is 11.4 Å². The quantitative estimate of drug-likeness (QED) is 0.487. The fourth-order valence-corrected chi connectivity index (χ4v) is 1.94. The van der Waals surface area contributed by atoms with Crippen molar-refractivity contribution in [3.63, 3.8) is 0 Å². The second-order valence-corrected chi connectivity index (χ2v) is 5.65. The van der Waals surface area contributed by atoms with Crippen molar-refractivity contribution in [2.24, 2.45) is 0 Å². The Kier molecular flexibility index (Phi) is 4.70. The molecule has 0 heterocycles. The summed E-state index contributed by atoms with van der Waals surface area (Å²) in [6.45, 7) is 3.83. The molecule has 0 bridgehead atoms. The summed E-state index contributed by atoms with van der Waals surface area (Å²) in [5.74, 6) is 0. The van der Waals surface area contributed by atoms with Crippen LogP contribution in [0, 0.1) is 13.7 Å². The number of benzene rings is 1. The minimum Gasteiger partial charge on any atom is -0.396 e. The van der Waals surface area contributed by atoms with Gasteiger partial charge in [-0.3, -0.25) is 10.1 Å².